The van der Waals surface area contributed by atoms with Crippen LogP contribution in [-0.2, 0) is 25.7 Å². The summed E-state index contributed by atoms with van der Waals surface area (Å²) in [6.45, 7) is 9.88. The number of ether oxygens (including phenoxy) is 2. The van der Waals surface area contributed by atoms with Crippen LogP contribution in [0.25, 0.3) is 0 Å². The van der Waals surface area contributed by atoms with Crippen LogP contribution in [-0.4, -0.2) is 59.3 Å². The summed E-state index contributed by atoms with van der Waals surface area (Å²) in [4.78, 5) is 59.8. The highest BCUT2D eigenvalue weighted by Crippen LogP contribution is 2.40. The number of anilines is 3. The summed E-state index contributed by atoms with van der Waals surface area (Å²) < 4.78 is 11.3. The second-order valence-corrected chi connectivity index (χ2v) is 13.2. The third-order valence-electron chi connectivity index (χ3n) is 8.12. The summed E-state index contributed by atoms with van der Waals surface area (Å²) in [7, 11) is 0. The van der Waals surface area contributed by atoms with Crippen molar-refractivity contribution in [3.63, 3.8) is 0 Å². The van der Waals surface area contributed by atoms with E-state index in [1.165, 1.54) is 0 Å². The van der Waals surface area contributed by atoms with Crippen molar-refractivity contribution < 1.29 is 33.6 Å². The van der Waals surface area contributed by atoms with Crippen molar-refractivity contribution in [2.24, 2.45) is 0 Å². The Kier molecular flexibility index (Phi) is 12.4. The number of benzene rings is 3. The molecule has 0 aliphatic carbocycles. The molecular formula is C40H46N4O7. The summed E-state index contributed by atoms with van der Waals surface area (Å²) >= 11 is 0. The van der Waals surface area contributed by atoms with Gasteiger partial charge in [0, 0.05) is 11.9 Å². The highest BCUT2D eigenvalue weighted by Gasteiger charge is 2.43. The molecule has 1 aromatic heterocycles. The molecule has 1 aliphatic heterocycles. The number of hydrogen-bond donors (Lipinski definition) is 1. The molecule has 268 valence electrons. The average molecular weight is 695 g/mol. The van der Waals surface area contributed by atoms with E-state index in [9.17, 15) is 14.4 Å². The quantitative estimate of drug-likeness (QED) is 0.0800. The fourth-order valence-corrected chi connectivity index (χ4v) is 5.88. The third-order valence-corrected chi connectivity index (χ3v) is 8.12. The van der Waals surface area contributed by atoms with E-state index in [0.717, 1.165) is 12.0 Å². The van der Waals surface area contributed by atoms with E-state index in [2.05, 4.69) is 10.3 Å². The van der Waals surface area contributed by atoms with Crippen LogP contribution in [0, 0.1) is 0 Å². The summed E-state index contributed by atoms with van der Waals surface area (Å²) in [5.74, 6) is 0.210. The average Bonchev–Trinajstić information content (AvgIpc) is 3.20. The molecule has 0 fully saturated rings. The molecule has 11 nitrogen and oxygen atoms in total. The van der Waals surface area contributed by atoms with Crippen LogP contribution >= 0.6 is 0 Å². The molecule has 0 radical (unpaired) electrons. The molecular weight excluding hydrogens is 648 g/mol. The molecule has 1 aliphatic rings. The lowest BCUT2D eigenvalue weighted by Crippen LogP contribution is -2.47. The van der Waals surface area contributed by atoms with Gasteiger partial charge in [-0.1, -0.05) is 54.6 Å². The van der Waals surface area contributed by atoms with Gasteiger partial charge < -0.3 is 14.4 Å². The molecule has 3 aromatic carbocycles. The highest BCUT2D eigenvalue weighted by atomic mass is 17.2. The van der Waals surface area contributed by atoms with E-state index in [1.54, 1.807) is 48.9 Å². The van der Waals surface area contributed by atoms with Crippen LogP contribution in [0.4, 0.5) is 22.0 Å². The number of aryl methyl sites for hydroxylation is 1. The summed E-state index contributed by atoms with van der Waals surface area (Å²) in [6, 6.07) is 26.5. The lowest BCUT2D eigenvalue weighted by molar-refractivity contribution is -0.296. The largest absolute Gasteiger partial charge is 0.490 e. The number of fused-ring (bicyclic) bond motifs is 1. The van der Waals surface area contributed by atoms with Crippen molar-refractivity contribution in [3.8, 4) is 5.75 Å². The normalized spacial score (nSPS) is 15.2. The van der Waals surface area contributed by atoms with Gasteiger partial charge in [-0.2, -0.15) is 0 Å². The molecule has 51 heavy (non-hydrogen) atoms. The van der Waals surface area contributed by atoms with E-state index in [1.807, 2.05) is 92.7 Å². The lowest BCUT2D eigenvalue weighted by atomic mass is 10.0. The SMILES string of the molecule is CCOOCC(C)N1C(=O)c2cc(CCCCOc3cccnc3NC(=O)OC(C)(C)C)ccc2N(c2ccccc2)C(=O)C1c1ccccc1. The van der Waals surface area contributed by atoms with Gasteiger partial charge >= 0.3 is 6.09 Å². The first-order chi connectivity index (χ1) is 24.6. The van der Waals surface area contributed by atoms with Gasteiger partial charge in [0.25, 0.3) is 11.8 Å². The van der Waals surface area contributed by atoms with E-state index >= 15 is 0 Å². The Morgan fingerprint density at radius 1 is 0.922 bits per heavy atom. The first kappa shape index (κ1) is 37.0. The van der Waals surface area contributed by atoms with Gasteiger partial charge in [-0.15, -0.1) is 0 Å². The molecule has 4 aromatic rings. The van der Waals surface area contributed by atoms with E-state index < -0.39 is 23.8 Å². The number of nitrogens with one attached hydrogen (secondary N) is 1. The Hall–Kier alpha value is -5.26. The fourth-order valence-electron chi connectivity index (χ4n) is 5.88. The van der Waals surface area contributed by atoms with Crippen molar-refractivity contribution >= 4 is 35.1 Å². The number of aromatic nitrogens is 1. The standard InChI is InChI=1S/C40H46N4O7/c1-6-49-50-27-28(2)43-35(30-17-9-7-10-18-30)38(46)44(31-19-11-8-12-20-31)33-23-22-29(26-32(33)37(43)45)16-13-14-25-48-34-21-15-24-41-36(34)42-39(47)51-40(3,4)5/h7-12,15,17-24,26,28,35H,6,13-14,16,25,27H2,1-5H3,(H,41,42,47). The number of nitrogens with zero attached hydrogens (tertiary/aromatic N) is 3. The Morgan fingerprint density at radius 2 is 1.65 bits per heavy atom. The van der Waals surface area contributed by atoms with Crippen molar-refractivity contribution in [2.75, 3.05) is 30.0 Å². The van der Waals surface area contributed by atoms with Crippen LogP contribution in [0.1, 0.15) is 75.0 Å². The van der Waals surface area contributed by atoms with Gasteiger partial charge in [0.1, 0.15) is 18.2 Å². The van der Waals surface area contributed by atoms with Gasteiger partial charge in [-0.3, -0.25) is 19.8 Å². The zero-order valence-corrected chi connectivity index (χ0v) is 29.8. The molecule has 3 amide bonds. The zero-order chi connectivity index (χ0) is 36.4. The van der Waals surface area contributed by atoms with Crippen molar-refractivity contribution in [3.05, 3.63) is 114 Å². The van der Waals surface area contributed by atoms with E-state index in [4.69, 9.17) is 19.2 Å². The second-order valence-electron chi connectivity index (χ2n) is 13.2. The minimum absolute atomic E-state index is 0.0858. The van der Waals surface area contributed by atoms with Gasteiger partial charge in [-0.25, -0.2) is 19.6 Å². The summed E-state index contributed by atoms with van der Waals surface area (Å²) in [6.07, 6.45) is 3.10. The van der Waals surface area contributed by atoms with Crippen molar-refractivity contribution in [1.82, 2.24) is 9.88 Å². The predicted octanol–water partition coefficient (Wildman–Crippen LogP) is 8.05. The molecule has 0 saturated carbocycles. The van der Waals surface area contributed by atoms with Crippen LogP contribution in [0.5, 0.6) is 5.75 Å². The molecule has 2 atom stereocenters. The van der Waals surface area contributed by atoms with Crippen molar-refractivity contribution in [2.45, 2.75) is 71.6 Å². The van der Waals surface area contributed by atoms with Crippen molar-refractivity contribution in [1.29, 1.82) is 0 Å². The number of unbranched alkanes of at least 4 members (excludes halogenated alkanes) is 1. The minimum atomic E-state index is -0.908. The number of pyridine rings is 1. The number of para-hydroxylation sites is 1. The molecule has 0 saturated heterocycles. The molecule has 11 heteroatoms. The maximum atomic E-state index is 14.7. The van der Waals surface area contributed by atoms with E-state index in [0.29, 0.717) is 54.3 Å². The van der Waals surface area contributed by atoms with Gasteiger partial charge in [0.2, 0.25) is 0 Å². The number of carbonyl (C=O) groups is 3. The van der Waals surface area contributed by atoms with Crippen LogP contribution in [0.2, 0.25) is 0 Å². The first-order valence-electron chi connectivity index (χ1n) is 17.3. The Balaban J connectivity index is 1.37. The number of carbonyl (C=O) groups excluding carboxylic acids is 3. The smallest absolute Gasteiger partial charge is 0.413 e. The lowest BCUT2D eigenvalue weighted by Gasteiger charge is -2.35. The minimum Gasteiger partial charge on any atom is -0.490 e. The van der Waals surface area contributed by atoms with Gasteiger partial charge in [0.15, 0.2) is 11.6 Å². The van der Waals surface area contributed by atoms with Gasteiger partial charge in [-0.05, 0) is 101 Å². The maximum absolute atomic E-state index is 14.7. The van der Waals surface area contributed by atoms with Crippen LogP contribution in [0.3, 0.4) is 0 Å². The van der Waals surface area contributed by atoms with Gasteiger partial charge in [0.05, 0.1) is 30.5 Å². The predicted molar refractivity (Wildman–Crippen MR) is 195 cm³/mol. The molecule has 5 rings (SSSR count). The fraction of sp³-hybridized carbons (Fsp3) is 0.350. The molecule has 0 bridgehead atoms. The molecule has 2 unspecified atom stereocenters. The number of rotatable bonds is 14. The Bertz CT molecular complexity index is 1780. The summed E-state index contributed by atoms with van der Waals surface area (Å²) in [5, 5.41) is 2.65. The number of amides is 3. The zero-order valence-electron chi connectivity index (χ0n) is 29.8. The highest BCUT2D eigenvalue weighted by molar-refractivity contribution is 6.14. The second kappa shape index (κ2) is 17.1. The molecule has 2 heterocycles. The Labute approximate surface area is 299 Å². The van der Waals surface area contributed by atoms with Crippen LogP contribution in [0.15, 0.2) is 97.2 Å². The first-order valence-corrected chi connectivity index (χ1v) is 17.3. The monoisotopic (exact) mass is 694 g/mol. The van der Waals surface area contributed by atoms with E-state index in [-0.39, 0.29) is 24.2 Å². The third kappa shape index (κ3) is 9.50. The van der Waals surface area contributed by atoms with Crippen LogP contribution < -0.4 is 15.0 Å². The summed E-state index contributed by atoms with van der Waals surface area (Å²) in [5.41, 5.74) is 2.62. The maximum Gasteiger partial charge on any atom is 0.413 e. The molecule has 1 N–H and O–H groups in total. The number of hydrogen-bond acceptors (Lipinski definition) is 8. The molecule has 0 spiro atoms. The Morgan fingerprint density at radius 3 is 2.35 bits per heavy atom. The topological polar surface area (TPSA) is 120 Å².